The molecule has 2 heterocycles. The fourth-order valence-corrected chi connectivity index (χ4v) is 5.75. The minimum atomic E-state index is -2.04. The average Bonchev–Trinajstić information content (AvgIpc) is 2.91. The van der Waals surface area contributed by atoms with Crippen LogP contribution < -0.4 is 0 Å². The second kappa shape index (κ2) is 4.66. The quantitative estimate of drug-likeness (QED) is 0.368. The van der Waals surface area contributed by atoms with Crippen LogP contribution in [0, 0.1) is 17.8 Å². The van der Waals surface area contributed by atoms with E-state index in [-0.39, 0.29) is 18.6 Å². The fraction of sp³-hybridized carbons (Fsp3) is 0.824. The summed E-state index contributed by atoms with van der Waals surface area (Å²) in [6, 6.07) is 0. The zero-order valence-electron chi connectivity index (χ0n) is 13.7. The van der Waals surface area contributed by atoms with Gasteiger partial charge in [0.2, 0.25) is 0 Å². The summed E-state index contributed by atoms with van der Waals surface area (Å²) in [6.45, 7) is 2.66. The molecule has 24 heavy (non-hydrogen) atoms. The van der Waals surface area contributed by atoms with E-state index in [4.69, 9.17) is 4.74 Å². The molecule has 0 amide bonds. The third kappa shape index (κ3) is 1.52. The zero-order chi connectivity index (χ0) is 17.7. The molecule has 7 heteroatoms. The van der Waals surface area contributed by atoms with Crippen molar-refractivity contribution in [1.82, 2.24) is 0 Å². The highest BCUT2D eigenvalue weighted by Gasteiger charge is 2.80. The van der Waals surface area contributed by atoms with Crippen LogP contribution in [-0.4, -0.2) is 73.0 Å². The van der Waals surface area contributed by atoms with E-state index in [1.54, 1.807) is 19.9 Å². The van der Waals surface area contributed by atoms with E-state index in [0.717, 1.165) is 0 Å². The van der Waals surface area contributed by atoms with Crippen LogP contribution >= 0.6 is 0 Å². The number of ether oxygens (including phenoxy) is 1. The average molecular weight is 340 g/mol. The molecule has 0 aromatic rings. The first kappa shape index (κ1) is 16.6. The smallest absolute Gasteiger partial charge is 0.143 e. The van der Waals surface area contributed by atoms with Gasteiger partial charge in [-0.1, -0.05) is 13.0 Å². The van der Waals surface area contributed by atoms with Gasteiger partial charge in [0.1, 0.15) is 29.2 Å². The first-order valence-corrected chi connectivity index (χ1v) is 8.43. The molecule has 4 aliphatic rings. The van der Waals surface area contributed by atoms with Gasteiger partial charge in [0.15, 0.2) is 0 Å². The van der Waals surface area contributed by atoms with Crippen molar-refractivity contribution in [2.24, 2.45) is 17.8 Å². The Morgan fingerprint density at radius 1 is 1.29 bits per heavy atom. The second-order valence-electron chi connectivity index (χ2n) is 8.08. The largest absolute Gasteiger partial charge is 0.393 e. The molecule has 4 rings (SSSR count). The normalized spacial score (nSPS) is 59.1. The van der Waals surface area contributed by atoms with Gasteiger partial charge in [-0.05, 0) is 18.4 Å². The lowest BCUT2D eigenvalue weighted by Crippen LogP contribution is -2.69. The van der Waals surface area contributed by atoms with E-state index >= 15 is 0 Å². The van der Waals surface area contributed by atoms with Crippen LogP contribution in [0.1, 0.15) is 26.7 Å². The topological polar surface area (TPSA) is 127 Å². The monoisotopic (exact) mass is 340 g/mol. The molecule has 9 atom stereocenters. The molecule has 2 aliphatic heterocycles. The van der Waals surface area contributed by atoms with Crippen molar-refractivity contribution in [2.45, 2.75) is 61.8 Å². The van der Waals surface area contributed by atoms with Crippen molar-refractivity contribution < 1.29 is 35.1 Å². The molecule has 2 aliphatic carbocycles. The van der Waals surface area contributed by atoms with Crippen LogP contribution in [0.15, 0.2) is 11.6 Å². The molecular formula is C17H24O7. The molecule has 134 valence electrons. The maximum Gasteiger partial charge on any atom is 0.143 e. The predicted octanol–water partition coefficient (Wildman–Crippen LogP) is -1.49. The Hall–Kier alpha value is -0.830. The van der Waals surface area contributed by atoms with E-state index in [9.17, 15) is 30.3 Å². The Balaban J connectivity index is 1.96. The van der Waals surface area contributed by atoms with Crippen molar-refractivity contribution in [3.05, 3.63) is 11.6 Å². The summed E-state index contributed by atoms with van der Waals surface area (Å²) in [5.41, 5.74) is -4.51. The molecule has 1 spiro atoms. The second-order valence-corrected chi connectivity index (χ2v) is 8.08. The van der Waals surface area contributed by atoms with E-state index < -0.39 is 59.5 Å². The molecule has 2 bridgehead atoms. The SMILES string of the molecule is CC1=C[C@H]2[C@@]3(O)[C@H](C)CC(=O)C[C@@H]3[C@H]3O[C@@]2([C@H](O)[C@@]3(O)CO)[C@H]1O. The predicted molar refractivity (Wildman–Crippen MR) is 80.7 cm³/mol. The van der Waals surface area contributed by atoms with Gasteiger partial charge < -0.3 is 30.3 Å². The summed E-state index contributed by atoms with van der Waals surface area (Å²) in [4.78, 5) is 12.1. The number of rotatable bonds is 1. The Bertz CT molecular complexity index is 632. The molecule has 0 aromatic carbocycles. The van der Waals surface area contributed by atoms with E-state index in [1.165, 1.54) is 0 Å². The number of aliphatic hydroxyl groups excluding tert-OH is 3. The number of Topliss-reactive ketones (excluding diaryl/α,β-unsaturated/α-hetero) is 1. The Morgan fingerprint density at radius 2 is 1.96 bits per heavy atom. The lowest BCUT2D eigenvalue weighted by Gasteiger charge is -2.56. The zero-order valence-corrected chi connectivity index (χ0v) is 13.7. The highest BCUT2D eigenvalue weighted by Crippen LogP contribution is 2.64. The van der Waals surface area contributed by atoms with Crippen molar-refractivity contribution in [3.8, 4) is 0 Å². The summed E-state index contributed by atoms with van der Waals surface area (Å²) in [5.74, 6) is -1.98. The maximum atomic E-state index is 12.1. The van der Waals surface area contributed by atoms with Crippen LogP contribution in [0.5, 0.6) is 0 Å². The molecule has 0 unspecified atom stereocenters. The van der Waals surface area contributed by atoms with Crippen molar-refractivity contribution in [1.29, 1.82) is 0 Å². The summed E-state index contributed by atoms with van der Waals surface area (Å²) in [7, 11) is 0. The van der Waals surface area contributed by atoms with Gasteiger partial charge in [-0.15, -0.1) is 0 Å². The van der Waals surface area contributed by atoms with Gasteiger partial charge in [-0.3, -0.25) is 4.79 Å². The first-order valence-electron chi connectivity index (χ1n) is 8.43. The van der Waals surface area contributed by atoms with Crippen LogP contribution in [0.4, 0.5) is 0 Å². The minimum Gasteiger partial charge on any atom is -0.393 e. The third-order valence-corrected chi connectivity index (χ3v) is 6.98. The number of carbonyl (C=O) groups is 1. The lowest BCUT2D eigenvalue weighted by molar-refractivity contribution is -0.279. The summed E-state index contributed by atoms with van der Waals surface area (Å²) in [5, 5.41) is 53.8. The summed E-state index contributed by atoms with van der Waals surface area (Å²) < 4.78 is 5.97. The van der Waals surface area contributed by atoms with Crippen LogP contribution in [0.3, 0.4) is 0 Å². The number of fused-ring (bicyclic) bond motifs is 4. The number of ketones is 1. The van der Waals surface area contributed by atoms with Gasteiger partial charge in [-0.2, -0.15) is 0 Å². The molecule has 2 saturated heterocycles. The molecule has 0 radical (unpaired) electrons. The van der Waals surface area contributed by atoms with E-state index in [0.29, 0.717) is 5.57 Å². The first-order chi connectivity index (χ1) is 11.1. The number of aliphatic hydroxyl groups is 5. The van der Waals surface area contributed by atoms with E-state index in [2.05, 4.69) is 0 Å². The van der Waals surface area contributed by atoms with Gasteiger partial charge in [-0.25, -0.2) is 0 Å². The number of hydrogen-bond donors (Lipinski definition) is 5. The lowest BCUT2D eigenvalue weighted by atomic mass is 9.57. The number of hydrogen-bond acceptors (Lipinski definition) is 7. The summed E-state index contributed by atoms with van der Waals surface area (Å²) in [6.07, 6.45) is -2.01. The molecule has 3 fully saturated rings. The van der Waals surface area contributed by atoms with Crippen molar-refractivity contribution in [3.63, 3.8) is 0 Å². The van der Waals surface area contributed by atoms with Gasteiger partial charge in [0.25, 0.3) is 0 Å². The molecule has 7 nitrogen and oxygen atoms in total. The van der Waals surface area contributed by atoms with Crippen molar-refractivity contribution >= 4 is 5.78 Å². The van der Waals surface area contributed by atoms with Gasteiger partial charge in [0.05, 0.1) is 18.3 Å². The Labute approximate surface area is 139 Å². The Kier molecular flexibility index (Phi) is 3.23. The van der Waals surface area contributed by atoms with E-state index in [1.807, 2.05) is 0 Å². The highest BCUT2D eigenvalue weighted by atomic mass is 16.6. The minimum absolute atomic E-state index is 0.0100. The van der Waals surface area contributed by atoms with Crippen LogP contribution in [0.25, 0.3) is 0 Å². The molecule has 1 saturated carbocycles. The third-order valence-electron chi connectivity index (χ3n) is 6.98. The van der Waals surface area contributed by atoms with Gasteiger partial charge >= 0.3 is 0 Å². The fourth-order valence-electron chi connectivity index (χ4n) is 5.75. The standard InChI is InChI=1S/C17H24O7/c1-7-3-11-16(23)8(2)4-9(19)5-10(16)13-15(22,6-18)14(21)17(11,24-13)12(7)20/h3,8,10-14,18,20-23H,4-6H2,1-2H3/t8-,10-,11+,12+,13-,14-,15-,16-,17-/m1/s1. The van der Waals surface area contributed by atoms with Crippen LogP contribution in [-0.2, 0) is 9.53 Å². The highest BCUT2D eigenvalue weighted by molar-refractivity contribution is 5.80. The molecule has 5 N–H and O–H groups in total. The van der Waals surface area contributed by atoms with Crippen molar-refractivity contribution in [2.75, 3.05) is 6.61 Å². The van der Waals surface area contributed by atoms with Gasteiger partial charge in [0, 0.05) is 24.7 Å². The summed E-state index contributed by atoms with van der Waals surface area (Å²) >= 11 is 0. The van der Waals surface area contributed by atoms with Crippen LogP contribution in [0.2, 0.25) is 0 Å². The molecular weight excluding hydrogens is 316 g/mol. The molecule has 0 aromatic heterocycles. The Morgan fingerprint density at radius 3 is 2.58 bits per heavy atom. The number of carbonyl (C=O) groups excluding carboxylic acids is 1. The maximum absolute atomic E-state index is 12.1.